The summed E-state index contributed by atoms with van der Waals surface area (Å²) < 4.78 is 15.0. The van der Waals surface area contributed by atoms with Gasteiger partial charge in [0.2, 0.25) is 0 Å². The first kappa shape index (κ1) is 13.5. The maximum Gasteiger partial charge on any atom is 0.142 e. The predicted molar refractivity (Wildman–Crippen MR) is 78.6 cm³/mol. The van der Waals surface area contributed by atoms with Crippen molar-refractivity contribution < 1.29 is 4.39 Å². The minimum Gasteiger partial charge on any atom is -0.314 e. The third-order valence-corrected chi connectivity index (χ3v) is 4.80. The molecule has 0 spiro atoms. The van der Waals surface area contributed by atoms with Crippen LogP contribution in [-0.2, 0) is 0 Å². The van der Waals surface area contributed by atoms with E-state index in [9.17, 15) is 4.39 Å². The molecule has 0 bridgehead atoms. The van der Waals surface area contributed by atoms with Crippen LogP contribution < -0.4 is 5.32 Å². The van der Waals surface area contributed by atoms with Crippen LogP contribution in [0, 0.1) is 11.7 Å². The minimum absolute atomic E-state index is 0.0771. The van der Waals surface area contributed by atoms with E-state index in [1.165, 1.54) is 12.8 Å². The van der Waals surface area contributed by atoms with Gasteiger partial charge in [-0.15, -0.1) is 0 Å². The number of rotatable bonds is 4. The van der Waals surface area contributed by atoms with E-state index in [1.807, 2.05) is 12.1 Å². The Morgan fingerprint density at radius 1 is 1.32 bits per heavy atom. The van der Waals surface area contributed by atoms with E-state index in [-0.39, 0.29) is 11.9 Å². The molecule has 4 heteroatoms. The average molecular weight is 327 g/mol. The molecule has 1 aliphatic carbocycles. The Balaban J connectivity index is 1.86. The van der Waals surface area contributed by atoms with Crippen molar-refractivity contribution >= 4 is 15.9 Å². The lowest BCUT2D eigenvalue weighted by Crippen LogP contribution is -2.45. The Bertz CT molecular complexity index is 442. The molecule has 0 aromatic heterocycles. The lowest BCUT2D eigenvalue weighted by molar-refractivity contribution is 0.157. The molecule has 2 nitrogen and oxygen atoms in total. The highest BCUT2D eigenvalue weighted by atomic mass is 79.9. The van der Waals surface area contributed by atoms with Gasteiger partial charge < -0.3 is 5.32 Å². The van der Waals surface area contributed by atoms with Crippen LogP contribution in [0.15, 0.2) is 22.7 Å². The zero-order chi connectivity index (χ0) is 13.2. The molecule has 1 atom stereocenters. The van der Waals surface area contributed by atoms with Crippen LogP contribution >= 0.6 is 15.9 Å². The highest BCUT2D eigenvalue weighted by Gasteiger charge is 2.32. The highest BCUT2D eigenvalue weighted by molar-refractivity contribution is 9.10. The van der Waals surface area contributed by atoms with Crippen molar-refractivity contribution in [2.75, 3.05) is 26.2 Å². The smallest absolute Gasteiger partial charge is 0.142 e. The molecule has 0 amide bonds. The van der Waals surface area contributed by atoms with Crippen LogP contribution in [0.3, 0.4) is 0 Å². The Kier molecular flexibility index (Phi) is 4.20. The maximum atomic E-state index is 14.4. The van der Waals surface area contributed by atoms with E-state index in [4.69, 9.17) is 0 Å². The predicted octanol–water partition coefficient (Wildman–Crippen LogP) is 3.33. The van der Waals surface area contributed by atoms with Gasteiger partial charge in [0.15, 0.2) is 0 Å². The van der Waals surface area contributed by atoms with Gasteiger partial charge in [0.25, 0.3) is 0 Å². The first-order valence-corrected chi connectivity index (χ1v) is 7.93. The Labute approximate surface area is 122 Å². The van der Waals surface area contributed by atoms with Crippen LogP contribution in [0.4, 0.5) is 4.39 Å². The summed E-state index contributed by atoms with van der Waals surface area (Å²) in [6.45, 7) is 4.06. The monoisotopic (exact) mass is 326 g/mol. The standard InChI is InChI=1S/C15H20BrFN2/c16-13-3-1-2-12(15(13)17)14(10-11-4-5-11)19-8-6-18-7-9-19/h1-3,11,14,18H,4-10H2/t14-/m1/s1. The van der Waals surface area contributed by atoms with E-state index < -0.39 is 0 Å². The number of benzene rings is 1. The molecule has 2 aliphatic rings. The van der Waals surface area contributed by atoms with Crippen molar-refractivity contribution in [2.45, 2.75) is 25.3 Å². The number of piperazine rings is 1. The van der Waals surface area contributed by atoms with Crippen LogP contribution in [0.5, 0.6) is 0 Å². The summed E-state index contributed by atoms with van der Waals surface area (Å²) in [6, 6.07) is 5.93. The number of hydrogen-bond donors (Lipinski definition) is 1. The summed E-state index contributed by atoms with van der Waals surface area (Å²) in [4.78, 5) is 2.44. The van der Waals surface area contributed by atoms with E-state index in [0.717, 1.165) is 44.1 Å². The molecule has 19 heavy (non-hydrogen) atoms. The van der Waals surface area contributed by atoms with E-state index in [1.54, 1.807) is 6.07 Å². The van der Waals surface area contributed by atoms with E-state index in [2.05, 4.69) is 26.1 Å². The van der Waals surface area contributed by atoms with E-state index >= 15 is 0 Å². The fourth-order valence-corrected chi connectivity index (χ4v) is 3.30. The lowest BCUT2D eigenvalue weighted by Gasteiger charge is -2.35. The molecule has 1 heterocycles. The molecular weight excluding hydrogens is 307 g/mol. The molecule has 1 saturated heterocycles. The second kappa shape index (κ2) is 5.90. The Hall–Kier alpha value is -0.450. The second-order valence-electron chi connectivity index (χ2n) is 5.62. The van der Waals surface area contributed by atoms with Gasteiger partial charge in [-0.05, 0) is 34.3 Å². The van der Waals surface area contributed by atoms with Gasteiger partial charge >= 0.3 is 0 Å². The summed E-state index contributed by atoms with van der Waals surface area (Å²) in [5, 5.41) is 3.37. The van der Waals surface area contributed by atoms with Gasteiger partial charge in [-0.1, -0.05) is 25.0 Å². The number of nitrogens with one attached hydrogen (secondary N) is 1. The molecule has 3 rings (SSSR count). The third kappa shape index (κ3) is 3.18. The molecular formula is C15H20BrFN2. The van der Waals surface area contributed by atoms with Crippen LogP contribution in [-0.4, -0.2) is 31.1 Å². The summed E-state index contributed by atoms with van der Waals surface area (Å²) in [7, 11) is 0. The lowest BCUT2D eigenvalue weighted by atomic mass is 9.98. The molecule has 104 valence electrons. The van der Waals surface area contributed by atoms with Gasteiger partial charge in [0.1, 0.15) is 5.82 Å². The average Bonchev–Trinajstić information content (AvgIpc) is 3.25. The zero-order valence-corrected chi connectivity index (χ0v) is 12.6. The highest BCUT2D eigenvalue weighted by Crippen LogP contribution is 2.41. The SMILES string of the molecule is Fc1c(Br)cccc1[C@@H](CC1CC1)N1CCNCC1. The van der Waals surface area contributed by atoms with E-state index in [0.29, 0.717) is 4.47 Å². The normalized spacial score (nSPS) is 22.4. The first-order valence-electron chi connectivity index (χ1n) is 7.14. The van der Waals surface area contributed by atoms with Crippen molar-refractivity contribution in [1.82, 2.24) is 10.2 Å². The van der Waals surface area contributed by atoms with Crippen LogP contribution in [0.2, 0.25) is 0 Å². The fraction of sp³-hybridized carbons (Fsp3) is 0.600. The maximum absolute atomic E-state index is 14.4. The molecule has 1 aliphatic heterocycles. The van der Waals surface area contributed by atoms with Crippen molar-refractivity contribution in [3.05, 3.63) is 34.1 Å². The molecule has 1 N–H and O–H groups in total. The Morgan fingerprint density at radius 3 is 2.74 bits per heavy atom. The summed E-state index contributed by atoms with van der Waals surface area (Å²) in [5.41, 5.74) is 0.864. The van der Waals surface area contributed by atoms with Crippen LogP contribution in [0.1, 0.15) is 30.9 Å². The minimum atomic E-state index is -0.0771. The summed E-state index contributed by atoms with van der Waals surface area (Å²) >= 11 is 3.31. The van der Waals surface area contributed by atoms with Crippen molar-refractivity contribution in [2.24, 2.45) is 5.92 Å². The first-order chi connectivity index (χ1) is 9.25. The molecule has 2 fully saturated rings. The summed E-state index contributed by atoms with van der Waals surface area (Å²) in [5.74, 6) is 0.727. The molecule has 0 unspecified atom stereocenters. The fourth-order valence-electron chi connectivity index (χ4n) is 2.91. The van der Waals surface area contributed by atoms with Crippen molar-refractivity contribution in [3.63, 3.8) is 0 Å². The van der Waals surface area contributed by atoms with Crippen LogP contribution in [0.25, 0.3) is 0 Å². The molecule has 1 aromatic carbocycles. The third-order valence-electron chi connectivity index (χ3n) is 4.19. The topological polar surface area (TPSA) is 15.3 Å². The van der Waals surface area contributed by atoms with Crippen molar-refractivity contribution in [1.29, 1.82) is 0 Å². The van der Waals surface area contributed by atoms with Gasteiger partial charge in [-0.25, -0.2) is 4.39 Å². The molecule has 1 aromatic rings. The van der Waals surface area contributed by atoms with Gasteiger partial charge in [0, 0.05) is 37.8 Å². The number of nitrogens with zero attached hydrogens (tertiary/aromatic N) is 1. The molecule has 0 radical (unpaired) electrons. The Morgan fingerprint density at radius 2 is 2.05 bits per heavy atom. The zero-order valence-electron chi connectivity index (χ0n) is 11.0. The largest absolute Gasteiger partial charge is 0.314 e. The van der Waals surface area contributed by atoms with Gasteiger partial charge in [0.05, 0.1) is 4.47 Å². The van der Waals surface area contributed by atoms with Crippen molar-refractivity contribution in [3.8, 4) is 0 Å². The van der Waals surface area contributed by atoms with Gasteiger partial charge in [-0.2, -0.15) is 0 Å². The summed E-state index contributed by atoms with van der Waals surface area (Å²) in [6.07, 6.45) is 3.74. The van der Waals surface area contributed by atoms with Gasteiger partial charge in [-0.3, -0.25) is 4.90 Å². The number of hydrogen-bond acceptors (Lipinski definition) is 2. The molecule has 1 saturated carbocycles. The number of halogens is 2. The quantitative estimate of drug-likeness (QED) is 0.912. The second-order valence-corrected chi connectivity index (χ2v) is 6.48.